The van der Waals surface area contributed by atoms with Gasteiger partial charge in [-0.15, -0.1) is 10.2 Å². The monoisotopic (exact) mass is 509 g/mol. The van der Waals surface area contributed by atoms with Crippen LogP contribution in [0.1, 0.15) is 58.1 Å². The molecule has 2 aromatic heterocycles. The Morgan fingerprint density at radius 1 is 0.946 bits per heavy atom. The Morgan fingerprint density at radius 3 is 2.41 bits per heavy atom. The molecule has 0 spiro atoms. The number of ether oxygens (including phenoxy) is 1. The highest BCUT2D eigenvalue weighted by atomic mass is 32.1. The quantitative estimate of drug-likeness (QED) is 0.275. The number of para-hydroxylation sites is 1. The van der Waals surface area contributed by atoms with Gasteiger partial charge in [-0.1, -0.05) is 79.8 Å². The van der Waals surface area contributed by atoms with Gasteiger partial charge >= 0.3 is 0 Å². The molecule has 37 heavy (non-hydrogen) atoms. The van der Waals surface area contributed by atoms with Gasteiger partial charge in [0, 0.05) is 5.92 Å². The first-order valence-electron chi connectivity index (χ1n) is 12.0. The summed E-state index contributed by atoms with van der Waals surface area (Å²) in [5.41, 5.74) is 2.28. The lowest BCUT2D eigenvalue weighted by Gasteiger charge is -2.22. The van der Waals surface area contributed by atoms with Crippen molar-refractivity contribution < 1.29 is 13.9 Å². The highest BCUT2D eigenvalue weighted by Gasteiger charge is 2.45. The van der Waals surface area contributed by atoms with Crippen molar-refractivity contribution in [3.8, 4) is 5.75 Å². The Balaban J connectivity index is 1.43. The second-order valence-electron chi connectivity index (χ2n) is 9.17. The molecule has 6 rings (SSSR count). The van der Waals surface area contributed by atoms with Crippen molar-refractivity contribution >= 4 is 33.3 Å². The molecular weight excluding hydrogens is 486 g/mol. The number of nitrogens with zero attached hydrogens (tertiary/aromatic N) is 3. The lowest BCUT2D eigenvalue weighted by molar-refractivity contribution is 0.0970. The molecule has 0 fully saturated rings. The topological polar surface area (TPSA) is 85.5 Å². The number of hydrogen-bond donors (Lipinski definition) is 0. The summed E-state index contributed by atoms with van der Waals surface area (Å²) < 4.78 is 11.9. The second-order valence-corrected chi connectivity index (χ2v) is 10.2. The van der Waals surface area contributed by atoms with Crippen LogP contribution in [0.15, 0.2) is 88.1 Å². The number of carbonyl (C=O) groups excluding carboxylic acids is 1. The van der Waals surface area contributed by atoms with E-state index in [9.17, 15) is 9.59 Å². The minimum absolute atomic E-state index is 0.0411. The van der Waals surface area contributed by atoms with Crippen molar-refractivity contribution in [1.82, 2.24) is 10.2 Å². The first-order chi connectivity index (χ1) is 18.0. The van der Waals surface area contributed by atoms with Gasteiger partial charge in [-0.2, -0.15) is 0 Å². The van der Waals surface area contributed by atoms with Crippen LogP contribution in [-0.4, -0.2) is 16.1 Å². The van der Waals surface area contributed by atoms with Gasteiger partial charge in [0.2, 0.25) is 10.9 Å². The van der Waals surface area contributed by atoms with Crippen molar-refractivity contribution in [3.63, 3.8) is 0 Å². The summed E-state index contributed by atoms with van der Waals surface area (Å²) in [4.78, 5) is 28.9. The average molecular weight is 510 g/mol. The molecule has 0 N–H and O–H groups in total. The predicted octanol–water partition coefficient (Wildman–Crippen LogP) is 6.10. The third-order valence-electron chi connectivity index (χ3n) is 6.35. The van der Waals surface area contributed by atoms with E-state index in [-0.39, 0.29) is 17.1 Å². The fourth-order valence-electron chi connectivity index (χ4n) is 4.48. The lowest BCUT2D eigenvalue weighted by Crippen LogP contribution is -2.29. The van der Waals surface area contributed by atoms with Gasteiger partial charge in [0.25, 0.3) is 5.91 Å². The van der Waals surface area contributed by atoms with Crippen LogP contribution in [0.5, 0.6) is 5.75 Å². The molecule has 3 heterocycles. The van der Waals surface area contributed by atoms with E-state index in [1.807, 2.05) is 68.4 Å². The van der Waals surface area contributed by atoms with E-state index < -0.39 is 11.9 Å². The molecule has 8 heteroatoms. The van der Waals surface area contributed by atoms with Gasteiger partial charge in [-0.3, -0.25) is 14.5 Å². The van der Waals surface area contributed by atoms with Crippen LogP contribution in [0.25, 0.3) is 11.0 Å². The summed E-state index contributed by atoms with van der Waals surface area (Å²) in [6.07, 6.45) is 0. The van der Waals surface area contributed by atoms with Gasteiger partial charge in [-0.05, 0) is 35.4 Å². The number of aromatic nitrogens is 2. The maximum absolute atomic E-state index is 13.7. The SMILES string of the molecule is CC(C)c1nnc(N2C(=O)c3oc4ccccc4c(=O)c3C2c2ccc(OCc3ccccc3)cc2)s1. The molecule has 0 saturated heterocycles. The van der Waals surface area contributed by atoms with E-state index in [1.54, 1.807) is 24.3 Å². The highest BCUT2D eigenvalue weighted by molar-refractivity contribution is 7.15. The zero-order valence-electron chi connectivity index (χ0n) is 20.3. The molecule has 0 radical (unpaired) electrons. The number of benzene rings is 3. The van der Waals surface area contributed by atoms with Crippen molar-refractivity contribution in [2.24, 2.45) is 0 Å². The maximum atomic E-state index is 13.7. The van der Waals surface area contributed by atoms with Crippen molar-refractivity contribution in [1.29, 1.82) is 0 Å². The summed E-state index contributed by atoms with van der Waals surface area (Å²) >= 11 is 1.34. The van der Waals surface area contributed by atoms with E-state index in [0.717, 1.165) is 16.1 Å². The zero-order valence-corrected chi connectivity index (χ0v) is 21.1. The summed E-state index contributed by atoms with van der Waals surface area (Å²) in [7, 11) is 0. The van der Waals surface area contributed by atoms with E-state index >= 15 is 0 Å². The van der Waals surface area contributed by atoms with Crippen LogP contribution in [0.3, 0.4) is 0 Å². The Labute approximate surface area is 217 Å². The fraction of sp³-hybridized carbons (Fsp3) is 0.172. The number of rotatable bonds is 6. The fourth-order valence-corrected chi connectivity index (χ4v) is 5.35. The number of carbonyl (C=O) groups is 1. The Hall–Kier alpha value is -4.30. The first-order valence-corrected chi connectivity index (χ1v) is 12.8. The van der Waals surface area contributed by atoms with Crippen LogP contribution < -0.4 is 15.1 Å². The summed E-state index contributed by atoms with van der Waals surface area (Å²) in [6.45, 7) is 4.48. The molecule has 1 aliphatic heterocycles. The normalized spacial score (nSPS) is 14.9. The van der Waals surface area contributed by atoms with Crippen molar-refractivity contribution in [3.05, 3.63) is 117 Å². The van der Waals surface area contributed by atoms with Crippen LogP contribution >= 0.6 is 11.3 Å². The van der Waals surface area contributed by atoms with Crippen LogP contribution in [-0.2, 0) is 6.61 Å². The Kier molecular flexibility index (Phi) is 5.81. The molecule has 0 aliphatic carbocycles. The van der Waals surface area contributed by atoms with Crippen LogP contribution in [0.2, 0.25) is 0 Å². The first kappa shape index (κ1) is 23.1. The summed E-state index contributed by atoms with van der Waals surface area (Å²) in [5, 5.41) is 10.3. The standard InChI is InChI=1S/C29H23N3O4S/c1-17(2)27-30-31-29(37-27)32-24(19-12-14-20(15-13-19)35-16-18-8-4-3-5-9-18)23-25(33)21-10-6-7-11-22(21)36-26(23)28(32)34/h3-15,17,24H,16H2,1-2H3. The molecular formula is C29H23N3O4S. The number of fused-ring (bicyclic) bond motifs is 2. The molecule has 7 nitrogen and oxygen atoms in total. The van der Waals surface area contributed by atoms with Gasteiger partial charge in [-0.25, -0.2) is 0 Å². The minimum Gasteiger partial charge on any atom is -0.489 e. The third-order valence-corrected chi connectivity index (χ3v) is 7.57. The molecule has 1 unspecified atom stereocenters. The third kappa shape index (κ3) is 4.09. The van der Waals surface area contributed by atoms with Crippen molar-refractivity contribution in [2.45, 2.75) is 32.4 Å². The minimum atomic E-state index is -0.695. The number of amides is 1. The van der Waals surface area contributed by atoms with E-state index in [2.05, 4.69) is 10.2 Å². The molecule has 1 amide bonds. The van der Waals surface area contributed by atoms with Crippen molar-refractivity contribution in [2.75, 3.05) is 4.90 Å². The summed E-state index contributed by atoms with van der Waals surface area (Å²) in [6, 6.07) is 23.6. The molecule has 184 valence electrons. The smallest absolute Gasteiger partial charge is 0.297 e. The van der Waals surface area contributed by atoms with E-state index in [0.29, 0.717) is 34.0 Å². The molecule has 3 aromatic carbocycles. The van der Waals surface area contributed by atoms with Gasteiger partial charge in [0.15, 0.2) is 5.43 Å². The Morgan fingerprint density at radius 2 is 1.68 bits per heavy atom. The van der Waals surface area contributed by atoms with Crippen LogP contribution in [0.4, 0.5) is 5.13 Å². The maximum Gasteiger partial charge on any atom is 0.297 e. The van der Waals surface area contributed by atoms with Crippen LogP contribution in [0, 0.1) is 0 Å². The van der Waals surface area contributed by atoms with E-state index in [4.69, 9.17) is 9.15 Å². The van der Waals surface area contributed by atoms with E-state index in [1.165, 1.54) is 16.2 Å². The lowest BCUT2D eigenvalue weighted by atomic mass is 9.98. The number of anilines is 1. The van der Waals surface area contributed by atoms with Gasteiger partial charge in [0.1, 0.15) is 22.9 Å². The number of hydrogen-bond acceptors (Lipinski definition) is 7. The van der Waals surface area contributed by atoms with Gasteiger partial charge < -0.3 is 9.15 Å². The molecule has 0 bridgehead atoms. The summed E-state index contributed by atoms with van der Waals surface area (Å²) in [5.74, 6) is 0.485. The highest BCUT2D eigenvalue weighted by Crippen LogP contribution is 2.43. The molecule has 0 saturated carbocycles. The second kappa shape index (κ2) is 9.29. The Bertz CT molecular complexity index is 1660. The molecule has 5 aromatic rings. The molecule has 1 aliphatic rings. The molecule has 1 atom stereocenters. The predicted molar refractivity (Wildman–Crippen MR) is 142 cm³/mol. The van der Waals surface area contributed by atoms with Gasteiger partial charge in [0.05, 0.1) is 17.0 Å². The zero-order chi connectivity index (χ0) is 25.5. The largest absolute Gasteiger partial charge is 0.489 e. The average Bonchev–Trinajstić information content (AvgIpc) is 3.52.